The highest BCUT2D eigenvalue weighted by molar-refractivity contribution is 6.40. The van der Waals surface area contributed by atoms with E-state index < -0.39 is 0 Å². The maximum absolute atomic E-state index is 13.6. The van der Waals surface area contributed by atoms with Crippen LogP contribution in [-0.4, -0.2) is 43.1 Å². The van der Waals surface area contributed by atoms with Crippen LogP contribution in [0.1, 0.15) is 35.6 Å². The van der Waals surface area contributed by atoms with E-state index in [-0.39, 0.29) is 30.1 Å². The summed E-state index contributed by atoms with van der Waals surface area (Å²) in [7, 11) is 3.75. The van der Waals surface area contributed by atoms with E-state index in [1.165, 1.54) is 17.1 Å². The molecule has 0 saturated carbocycles. The van der Waals surface area contributed by atoms with Crippen molar-refractivity contribution in [3.05, 3.63) is 65.0 Å². The number of amides is 2. The second-order valence-corrected chi connectivity index (χ2v) is 7.79. The lowest BCUT2D eigenvalue weighted by atomic mass is 10.1. The van der Waals surface area contributed by atoms with E-state index in [1.54, 1.807) is 6.07 Å². The van der Waals surface area contributed by atoms with Crippen LogP contribution >= 0.6 is 0 Å². The zero-order chi connectivity index (χ0) is 21.8. The summed E-state index contributed by atoms with van der Waals surface area (Å²) in [5.74, 6) is -0.766. The fourth-order valence-electron chi connectivity index (χ4n) is 3.46. The Balaban J connectivity index is 1.77. The molecule has 0 fully saturated rings. The Morgan fingerprint density at radius 1 is 1.20 bits per heavy atom. The first-order chi connectivity index (χ1) is 14.3. The predicted molar refractivity (Wildman–Crippen MR) is 116 cm³/mol. The molecule has 7 heteroatoms. The Morgan fingerprint density at radius 2 is 1.97 bits per heavy atom. The van der Waals surface area contributed by atoms with Gasteiger partial charge in [-0.25, -0.2) is 9.40 Å². The molecule has 0 spiro atoms. The summed E-state index contributed by atoms with van der Waals surface area (Å²) in [4.78, 5) is 27.2. The Kier molecular flexibility index (Phi) is 6.62. The number of carbonyl (C=O) groups excluding carboxylic acids is 2. The van der Waals surface area contributed by atoms with Crippen LogP contribution in [0.3, 0.4) is 0 Å². The van der Waals surface area contributed by atoms with Gasteiger partial charge in [0.15, 0.2) is 0 Å². The average molecular weight is 410 g/mol. The van der Waals surface area contributed by atoms with E-state index in [0.29, 0.717) is 24.4 Å². The summed E-state index contributed by atoms with van der Waals surface area (Å²) in [5, 5.41) is 8.58. The third-order valence-corrected chi connectivity index (χ3v) is 5.20. The van der Waals surface area contributed by atoms with Gasteiger partial charge in [-0.3, -0.25) is 9.59 Å². The zero-order valence-corrected chi connectivity index (χ0v) is 17.8. The Labute approximate surface area is 176 Å². The topological polar surface area (TPSA) is 65.0 Å². The smallest absolute Gasteiger partial charge is 0.267 e. The second-order valence-electron chi connectivity index (χ2n) is 7.79. The zero-order valence-electron chi connectivity index (χ0n) is 17.8. The van der Waals surface area contributed by atoms with Crippen molar-refractivity contribution in [2.24, 2.45) is 5.10 Å². The van der Waals surface area contributed by atoms with E-state index in [4.69, 9.17) is 0 Å². The van der Waals surface area contributed by atoms with Crippen LogP contribution in [-0.2, 0) is 9.59 Å². The number of benzene rings is 2. The molecule has 0 radical (unpaired) electrons. The third-order valence-electron chi connectivity index (χ3n) is 5.20. The van der Waals surface area contributed by atoms with Crippen LogP contribution in [0.25, 0.3) is 0 Å². The molecule has 0 unspecified atom stereocenters. The summed E-state index contributed by atoms with van der Waals surface area (Å²) in [6.45, 7) is 4.15. The van der Waals surface area contributed by atoms with Gasteiger partial charge in [-0.15, -0.1) is 0 Å². The number of hydrazone groups is 1. The quantitative estimate of drug-likeness (QED) is 0.794. The molecule has 0 aromatic heterocycles. The van der Waals surface area contributed by atoms with Gasteiger partial charge < -0.3 is 10.2 Å². The lowest BCUT2D eigenvalue weighted by molar-refractivity contribution is -0.119. The van der Waals surface area contributed by atoms with Crippen molar-refractivity contribution < 1.29 is 14.0 Å². The first-order valence-electron chi connectivity index (χ1n) is 9.94. The Morgan fingerprint density at radius 3 is 2.67 bits per heavy atom. The molecular formula is C23H27FN4O2. The third kappa shape index (κ3) is 4.91. The van der Waals surface area contributed by atoms with Crippen LogP contribution in [0, 0.1) is 19.7 Å². The molecule has 3 rings (SSSR count). The molecule has 30 heavy (non-hydrogen) atoms. The number of nitrogens with zero attached hydrogens (tertiary/aromatic N) is 3. The van der Waals surface area contributed by atoms with Gasteiger partial charge in [0.2, 0.25) is 5.91 Å². The number of rotatable bonds is 6. The van der Waals surface area contributed by atoms with Crippen LogP contribution in [0.5, 0.6) is 0 Å². The van der Waals surface area contributed by atoms with Gasteiger partial charge in [0.25, 0.3) is 5.91 Å². The molecule has 1 atom stereocenters. The second kappa shape index (κ2) is 9.17. The van der Waals surface area contributed by atoms with Gasteiger partial charge in [0.1, 0.15) is 11.5 Å². The van der Waals surface area contributed by atoms with E-state index in [0.717, 1.165) is 16.7 Å². The van der Waals surface area contributed by atoms with E-state index in [9.17, 15) is 14.0 Å². The highest BCUT2D eigenvalue weighted by Crippen LogP contribution is 2.25. The van der Waals surface area contributed by atoms with Crippen LogP contribution in [0.4, 0.5) is 10.1 Å². The molecule has 1 heterocycles. The minimum atomic E-state index is -0.318. The summed E-state index contributed by atoms with van der Waals surface area (Å²) in [5.41, 5.74) is 3.71. The SMILES string of the molecule is Cc1ccc(C)c(N2N=C(C(=O)NC[C@H](c3cccc(F)c3)N(C)C)CCC2=O)c1. The number of aryl methyl sites for hydroxylation is 2. The van der Waals surface area contributed by atoms with Crippen molar-refractivity contribution in [1.82, 2.24) is 10.2 Å². The minimum Gasteiger partial charge on any atom is -0.349 e. The molecular weight excluding hydrogens is 383 g/mol. The first kappa shape index (κ1) is 21.6. The highest BCUT2D eigenvalue weighted by atomic mass is 19.1. The van der Waals surface area contributed by atoms with Crippen LogP contribution in [0.15, 0.2) is 47.6 Å². The lowest BCUT2D eigenvalue weighted by Crippen LogP contribution is -2.42. The van der Waals surface area contributed by atoms with Gasteiger partial charge in [-0.05, 0) is 62.8 Å². The van der Waals surface area contributed by atoms with Crippen molar-refractivity contribution in [1.29, 1.82) is 0 Å². The van der Waals surface area contributed by atoms with Crippen molar-refractivity contribution in [2.45, 2.75) is 32.7 Å². The molecule has 0 saturated heterocycles. The van der Waals surface area contributed by atoms with E-state index in [2.05, 4.69) is 10.4 Å². The first-order valence-corrected chi connectivity index (χ1v) is 9.94. The van der Waals surface area contributed by atoms with Gasteiger partial charge in [0, 0.05) is 19.4 Å². The average Bonchev–Trinajstić information content (AvgIpc) is 2.70. The number of hydrogen-bond acceptors (Lipinski definition) is 4. The molecule has 0 aliphatic carbocycles. The van der Waals surface area contributed by atoms with Crippen molar-refractivity contribution in [3.8, 4) is 0 Å². The van der Waals surface area contributed by atoms with Crippen molar-refractivity contribution in [3.63, 3.8) is 0 Å². The van der Waals surface area contributed by atoms with Crippen molar-refractivity contribution >= 4 is 23.2 Å². The normalized spacial score (nSPS) is 15.2. The monoisotopic (exact) mass is 410 g/mol. The maximum Gasteiger partial charge on any atom is 0.267 e. The number of anilines is 1. The van der Waals surface area contributed by atoms with Crippen molar-refractivity contribution in [2.75, 3.05) is 25.6 Å². The van der Waals surface area contributed by atoms with Crippen LogP contribution < -0.4 is 10.3 Å². The molecule has 158 valence electrons. The predicted octanol–water partition coefficient (Wildman–Crippen LogP) is 3.34. The van der Waals surface area contributed by atoms with E-state index in [1.807, 2.05) is 57.1 Å². The number of nitrogens with one attached hydrogen (secondary N) is 1. The summed E-state index contributed by atoms with van der Waals surface area (Å²) < 4.78 is 13.6. The lowest BCUT2D eigenvalue weighted by Gasteiger charge is -2.27. The standard InChI is InChI=1S/C23H27FN4O2/c1-15-8-9-16(2)20(12-15)28-22(29)11-10-19(26-28)23(30)25-14-21(27(3)4)17-6-5-7-18(24)13-17/h5-9,12-13,21H,10-11,14H2,1-4H3,(H,25,30)/t21-/m1/s1. The minimum absolute atomic E-state index is 0.133. The maximum atomic E-state index is 13.6. The largest absolute Gasteiger partial charge is 0.349 e. The van der Waals surface area contributed by atoms with Gasteiger partial charge in [-0.2, -0.15) is 5.10 Å². The fraction of sp³-hybridized carbons (Fsp3) is 0.348. The number of likely N-dealkylation sites (N-methyl/N-ethyl adjacent to an activating group) is 1. The highest BCUT2D eigenvalue weighted by Gasteiger charge is 2.27. The summed E-state index contributed by atoms with van der Waals surface area (Å²) in [6.07, 6.45) is 0.513. The molecule has 0 bridgehead atoms. The molecule has 6 nitrogen and oxygen atoms in total. The van der Waals surface area contributed by atoms with Crippen LogP contribution in [0.2, 0.25) is 0 Å². The number of halogens is 1. The molecule has 2 amide bonds. The van der Waals surface area contributed by atoms with Gasteiger partial charge >= 0.3 is 0 Å². The molecule has 2 aromatic rings. The Bertz CT molecular complexity index is 987. The molecule has 1 aliphatic rings. The molecule has 2 aromatic carbocycles. The number of carbonyl (C=O) groups is 2. The number of hydrogen-bond donors (Lipinski definition) is 1. The van der Waals surface area contributed by atoms with Gasteiger partial charge in [0.05, 0.1) is 11.7 Å². The fourth-order valence-corrected chi connectivity index (χ4v) is 3.46. The van der Waals surface area contributed by atoms with Gasteiger partial charge in [-0.1, -0.05) is 24.3 Å². The summed E-state index contributed by atoms with van der Waals surface area (Å²) >= 11 is 0. The molecule has 1 aliphatic heterocycles. The van der Waals surface area contributed by atoms with E-state index >= 15 is 0 Å². The summed E-state index contributed by atoms with van der Waals surface area (Å²) in [6, 6.07) is 12.0. The Hall–Kier alpha value is -3.06. The molecule has 1 N–H and O–H groups in total.